The van der Waals surface area contributed by atoms with Crippen molar-refractivity contribution in [1.82, 2.24) is 0 Å². The molecule has 7 rings (SSSR count). The fourth-order valence-electron chi connectivity index (χ4n) is 9.51. The van der Waals surface area contributed by atoms with Crippen LogP contribution in [0.1, 0.15) is 53.4 Å². The molecular formula is C26H30O10. The molecule has 10 unspecified atom stereocenters. The summed E-state index contributed by atoms with van der Waals surface area (Å²) in [6.45, 7) is 7.88. The van der Waals surface area contributed by atoms with Crippen molar-refractivity contribution in [2.24, 2.45) is 28.1 Å². The number of epoxide rings is 1. The van der Waals surface area contributed by atoms with Gasteiger partial charge in [0.25, 0.3) is 0 Å². The maximum atomic E-state index is 14.3. The van der Waals surface area contributed by atoms with Crippen LogP contribution in [-0.4, -0.2) is 71.2 Å². The van der Waals surface area contributed by atoms with Gasteiger partial charge in [0.1, 0.15) is 24.1 Å². The van der Waals surface area contributed by atoms with Crippen molar-refractivity contribution in [3.63, 3.8) is 0 Å². The van der Waals surface area contributed by atoms with E-state index in [2.05, 4.69) is 0 Å². The number of cyclic esters (lactones) is 3. The third-order valence-corrected chi connectivity index (χ3v) is 11.0. The van der Waals surface area contributed by atoms with Crippen LogP contribution in [0.5, 0.6) is 0 Å². The maximum Gasteiger partial charge on any atom is 0.340 e. The Hall–Kier alpha value is -2.30. The highest BCUT2D eigenvalue weighted by Gasteiger charge is 2.90. The normalized spacial score (nSPS) is 54.1. The van der Waals surface area contributed by atoms with Crippen molar-refractivity contribution in [3.05, 3.63) is 11.6 Å². The summed E-state index contributed by atoms with van der Waals surface area (Å²) in [4.78, 5) is 52.3. The van der Waals surface area contributed by atoms with Crippen LogP contribution in [0, 0.1) is 28.1 Å². The molecule has 0 bridgehead atoms. The zero-order valence-electron chi connectivity index (χ0n) is 20.7. The molecule has 10 atom stereocenters. The number of aliphatic hydroxyl groups is 1. The average molecular weight is 503 g/mol. The van der Waals surface area contributed by atoms with Crippen LogP contribution < -0.4 is 0 Å². The third kappa shape index (κ3) is 2.23. The van der Waals surface area contributed by atoms with Crippen molar-refractivity contribution in [2.75, 3.05) is 6.61 Å². The molecule has 0 radical (unpaired) electrons. The molecule has 4 saturated heterocycles. The van der Waals surface area contributed by atoms with Gasteiger partial charge in [0.15, 0.2) is 6.10 Å². The molecule has 0 aromatic rings. The Bertz CT molecular complexity index is 1170. The van der Waals surface area contributed by atoms with E-state index in [4.69, 9.17) is 23.7 Å². The Labute approximate surface area is 207 Å². The van der Waals surface area contributed by atoms with Gasteiger partial charge in [0, 0.05) is 23.2 Å². The number of hydrogen-bond donors (Lipinski definition) is 1. The summed E-state index contributed by atoms with van der Waals surface area (Å²) >= 11 is 0. The van der Waals surface area contributed by atoms with Gasteiger partial charge in [-0.25, -0.2) is 9.59 Å². The van der Waals surface area contributed by atoms with E-state index in [1.165, 1.54) is 6.08 Å². The van der Waals surface area contributed by atoms with Crippen LogP contribution in [-0.2, 0) is 42.9 Å². The number of Topliss-reactive ketones (excluding diaryl/α,β-unsaturated/α-hetero) is 1. The van der Waals surface area contributed by atoms with Crippen LogP contribution in [0.4, 0.5) is 0 Å². The molecular weight excluding hydrogens is 472 g/mol. The van der Waals surface area contributed by atoms with Crippen LogP contribution >= 0.6 is 0 Å². The number of hydrogen-bond acceptors (Lipinski definition) is 10. The predicted molar refractivity (Wildman–Crippen MR) is 117 cm³/mol. The topological polar surface area (TPSA) is 138 Å². The Morgan fingerprint density at radius 2 is 1.69 bits per heavy atom. The molecule has 1 N–H and O–H groups in total. The molecule has 6 fully saturated rings. The molecule has 0 aromatic heterocycles. The molecule has 2 spiro atoms. The van der Waals surface area contributed by atoms with E-state index < -0.39 is 64.0 Å². The van der Waals surface area contributed by atoms with Crippen molar-refractivity contribution < 1.29 is 48.0 Å². The molecule has 0 amide bonds. The fraction of sp³-hybridized carbons (Fsp3) is 0.769. The summed E-state index contributed by atoms with van der Waals surface area (Å²) in [6, 6.07) is 0. The Morgan fingerprint density at radius 1 is 0.944 bits per heavy atom. The molecule has 0 aromatic carbocycles. The van der Waals surface area contributed by atoms with Crippen LogP contribution in [0.15, 0.2) is 11.6 Å². The first kappa shape index (κ1) is 22.9. The summed E-state index contributed by atoms with van der Waals surface area (Å²) in [5, 5.41) is 9.90. The van der Waals surface area contributed by atoms with E-state index >= 15 is 0 Å². The SMILES string of the molecule is CC1(C)OC2CC(=O)OCC23C1CC(=O)C1(C)C3CCC2(C)C(C3=CC(O)OC3=O)OC(=O)C3OC321. The monoisotopic (exact) mass is 502 g/mol. The number of rotatable bonds is 1. The number of carbonyl (C=O) groups excluding carboxylic acids is 4. The van der Waals surface area contributed by atoms with Crippen molar-refractivity contribution in [2.45, 2.75) is 89.2 Å². The van der Waals surface area contributed by atoms with Gasteiger partial charge < -0.3 is 28.8 Å². The van der Waals surface area contributed by atoms with Gasteiger partial charge in [-0.05, 0) is 45.6 Å². The summed E-state index contributed by atoms with van der Waals surface area (Å²) in [7, 11) is 0. The number of fused-ring (bicyclic) bond motifs is 1. The zero-order valence-corrected chi connectivity index (χ0v) is 20.7. The van der Waals surface area contributed by atoms with Gasteiger partial charge in [-0.1, -0.05) is 6.92 Å². The number of carbonyl (C=O) groups is 4. The molecule has 2 saturated carbocycles. The average Bonchev–Trinajstić information content (AvgIpc) is 3.43. The number of aliphatic hydroxyl groups excluding tert-OH is 1. The summed E-state index contributed by atoms with van der Waals surface area (Å²) in [5.41, 5.74) is -4.37. The Kier molecular flexibility index (Phi) is 4.06. The van der Waals surface area contributed by atoms with E-state index in [-0.39, 0.29) is 48.6 Å². The van der Waals surface area contributed by atoms with Gasteiger partial charge in [0.05, 0.1) is 29.1 Å². The Morgan fingerprint density at radius 3 is 2.39 bits per heavy atom. The van der Waals surface area contributed by atoms with Crippen molar-refractivity contribution in [3.8, 4) is 0 Å². The van der Waals surface area contributed by atoms with Crippen molar-refractivity contribution in [1.29, 1.82) is 0 Å². The molecule has 5 heterocycles. The van der Waals surface area contributed by atoms with Crippen molar-refractivity contribution >= 4 is 23.7 Å². The lowest BCUT2D eigenvalue weighted by atomic mass is 9.37. The molecule has 36 heavy (non-hydrogen) atoms. The van der Waals surface area contributed by atoms with E-state index in [0.717, 1.165) is 0 Å². The smallest absolute Gasteiger partial charge is 0.340 e. The maximum absolute atomic E-state index is 14.3. The number of ether oxygens (including phenoxy) is 5. The third-order valence-electron chi connectivity index (χ3n) is 11.0. The summed E-state index contributed by atoms with van der Waals surface area (Å²) in [5.74, 6) is -2.12. The first-order valence-electron chi connectivity index (χ1n) is 12.7. The first-order chi connectivity index (χ1) is 16.8. The second-order valence-corrected chi connectivity index (χ2v) is 12.5. The van der Waals surface area contributed by atoms with Crippen LogP contribution in [0.2, 0.25) is 0 Å². The first-order valence-corrected chi connectivity index (χ1v) is 12.7. The molecule has 5 aliphatic heterocycles. The highest BCUT2D eigenvalue weighted by molar-refractivity contribution is 5.96. The molecule has 10 nitrogen and oxygen atoms in total. The highest BCUT2D eigenvalue weighted by Crippen LogP contribution is 2.78. The van der Waals surface area contributed by atoms with E-state index in [9.17, 15) is 24.3 Å². The minimum atomic E-state index is -1.41. The lowest BCUT2D eigenvalue weighted by molar-refractivity contribution is -0.221. The van der Waals surface area contributed by atoms with Gasteiger partial charge in [-0.15, -0.1) is 0 Å². The second kappa shape index (κ2) is 6.39. The van der Waals surface area contributed by atoms with E-state index in [0.29, 0.717) is 12.8 Å². The predicted octanol–water partition coefficient (Wildman–Crippen LogP) is 0.973. The second-order valence-electron chi connectivity index (χ2n) is 12.5. The molecule has 2 aliphatic carbocycles. The number of ketones is 1. The lowest BCUT2D eigenvalue weighted by Crippen LogP contribution is -2.74. The molecule has 10 heteroatoms. The van der Waals surface area contributed by atoms with Gasteiger partial charge >= 0.3 is 17.9 Å². The fourth-order valence-corrected chi connectivity index (χ4v) is 9.51. The number of esters is 3. The highest BCUT2D eigenvalue weighted by atomic mass is 16.7. The summed E-state index contributed by atoms with van der Waals surface area (Å²) < 4.78 is 29.1. The Balaban J connectivity index is 1.39. The molecule has 7 aliphatic rings. The quantitative estimate of drug-likeness (QED) is 0.314. The lowest BCUT2D eigenvalue weighted by Gasteiger charge is -2.65. The van der Waals surface area contributed by atoms with E-state index in [1.54, 1.807) is 0 Å². The minimum absolute atomic E-state index is 0.0118. The molecule has 194 valence electrons. The minimum Gasteiger partial charge on any atom is -0.465 e. The van der Waals surface area contributed by atoms with Gasteiger partial charge in [-0.3, -0.25) is 9.59 Å². The van der Waals surface area contributed by atoms with Gasteiger partial charge in [-0.2, -0.15) is 0 Å². The largest absolute Gasteiger partial charge is 0.465 e. The van der Waals surface area contributed by atoms with Crippen LogP contribution in [0.3, 0.4) is 0 Å². The summed E-state index contributed by atoms with van der Waals surface area (Å²) in [6.07, 6.45) is -1.12. The van der Waals surface area contributed by atoms with E-state index in [1.807, 2.05) is 27.7 Å². The van der Waals surface area contributed by atoms with Gasteiger partial charge in [0.2, 0.25) is 6.29 Å². The standard InChI is InChI=1S/C26H30O10/c1-22(2)13-8-14(27)24(4)12(25(13)10-32-16(28)9-15(25)35-22)5-6-23(3)18(11-7-17(29)33-20(11)30)34-21(31)19-26(23,24)36-19/h7,12-13,15,17-19,29H,5-6,8-10H2,1-4H3. The zero-order chi connectivity index (χ0) is 25.6. The van der Waals surface area contributed by atoms with Crippen LogP contribution in [0.25, 0.3) is 0 Å².